The maximum absolute atomic E-state index is 13.0. The number of rotatable bonds is 4. The molecule has 3 nitrogen and oxygen atoms in total. The number of hydrogen-bond acceptors (Lipinski definition) is 3. The van der Waals surface area contributed by atoms with E-state index >= 15 is 0 Å². The van der Waals surface area contributed by atoms with Crippen molar-refractivity contribution < 1.29 is 13.5 Å². The number of ether oxygens (including phenoxy) is 1. The van der Waals surface area contributed by atoms with E-state index in [1.165, 1.54) is 6.26 Å². The lowest BCUT2D eigenvalue weighted by Crippen LogP contribution is -2.08. The van der Waals surface area contributed by atoms with Gasteiger partial charge in [0.05, 0.1) is 12.9 Å². The van der Waals surface area contributed by atoms with E-state index in [9.17, 15) is 4.39 Å². The SMILES string of the molecule is COCc1ccoc1C(F)CN. The highest BCUT2D eigenvalue weighted by Gasteiger charge is 2.15. The first-order chi connectivity index (χ1) is 5.79. The molecule has 1 aromatic rings. The topological polar surface area (TPSA) is 48.4 Å². The lowest BCUT2D eigenvalue weighted by Gasteiger charge is -2.03. The zero-order valence-electron chi connectivity index (χ0n) is 6.92. The average molecular weight is 173 g/mol. The molecule has 1 rings (SSSR count). The zero-order valence-corrected chi connectivity index (χ0v) is 6.92. The minimum absolute atomic E-state index is 0.0653. The maximum Gasteiger partial charge on any atom is 0.170 e. The highest BCUT2D eigenvalue weighted by atomic mass is 19.1. The minimum Gasteiger partial charge on any atom is -0.466 e. The third-order valence-electron chi connectivity index (χ3n) is 1.57. The van der Waals surface area contributed by atoms with E-state index in [0.717, 1.165) is 5.56 Å². The van der Waals surface area contributed by atoms with Crippen LogP contribution in [0.15, 0.2) is 16.7 Å². The van der Waals surface area contributed by atoms with Crippen molar-refractivity contribution in [3.63, 3.8) is 0 Å². The molecule has 0 radical (unpaired) electrons. The van der Waals surface area contributed by atoms with Crippen molar-refractivity contribution in [3.05, 3.63) is 23.7 Å². The predicted octanol–water partition coefficient (Wildman–Crippen LogP) is 1.40. The average Bonchev–Trinajstić information content (AvgIpc) is 2.52. The number of alkyl halides is 1. The molecular weight excluding hydrogens is 161 g/mol. The Balaban J connectivity index is 2.76. The molecule has 68 valence electrons. The van der Waals surface area contributed by atoms with Gasteiger partial charge in [-0.25, -0.2) is 4.39 Å². The molecule has 0 aliphatic carbocycles. The molecule has 1 heterocycles. The molecule has 0 spiro atoms. The summed E-state index contributed by atoms with van der Waals surface area (Å²) in [5, 5.41) is 0. The molecule has 0 saturated carbocycles. The van der Waals surface area contributed by atoms with Crippen LogP contribution in [0.4, 0.5) is 4.39 Å². The van der Waals surface area contributed by atoms with Crippen molar-refractivity contribution in [2.75, 3.05) is 13.7 Å². The molecule has 0 saturated heterocycles. The van der Waals surface area contributed by atoms with Crippen molar-refractivity contribution in [3.8, 4) is 0 Å². The van der Waals surface area contributed by atoms with Gasteiger partial charge in [-0.3, -0.25) is 0 Å². The fourth-order valence-corrected chi connectivity index (χ4v) is 1.00. The van der Waals surface area contributed by atoms with Crippen LogP contribution >= 0.6 is 0 Å². The van der Waals surface area contributed by atoms with Crippen molar-refractivity contribution in [1.29, 1.82) is 0 Å². The van der Waals surface area contributed by atoms with Crippen LogP contribution in [0.5, 0.6) is 0 Å². The third-order valence-corrected chi connectivity index (χ3v) is 1.57. The summed E-state index contributed by atoms with van der Waals surface area (Å²) in [6.07, 6.45) is 0.205. The molecule has 4 heteroatoms. The van der Waals surface area contributed by atoms with Gasteiger partial charge in [-0.1, -0.05) is 0 Å². The van der Waals surface area contributed by atoms with Crippen molar-refractivity contribution in [2.45, 2.75) is 12.8 Å². The fourth-order valence-electron chi connectivity index (χ4n) is 1.00. The van der Waals surface area contributed by atoms with Gasteiger partial charge >= 0.3 is 0 Å². The molecule has 0 fully saturated rings. The van der Waals surface area contributed by atoms with E-state index in [-0.39, 0.29) is 12.3 Å². The molecule has 0 bridgehead atoms. The summed E-state index contributed by atoms with van der Waals surface area (Å²) in [5.74, 6) is 0.277. The molecule has 0 amide bonds. The van der Waals surface area contributed by atoms with Crippen molar-refractivity contribution >= 4 is 0 Å². The molecule has 1 unspecified atom stereocenters. The van der Waals surface area contributed by atoms with Gasteiger partial charge in [0.1, 0.15) is 5.76 Å². The van der Waals surface area contributed by atoms with E-state index < -0.39 is 6.17 Å². The third kappa shape index (κ3) is 1.84. The Labute approximate surface area is 70.3 Å². The molecule has 1 aromatic heterocycles. The van der Waals surface area contributed by atoms with Crippen LogP contribution in [0.25, 0.3) is 0 Å². The standard InChI is InChI=1S/C8H12FNO2/c1-11-5-6-2-3-12-8(6)7(9)4-10/h2-3,7H,4-5,10H2,1H3. The van der Waals surface area contributed by atoms with Gasteiger partial charge in [-0.05, 0) is 6.07 Å². The molecule has 2 N–H and O–H groups in total. The fraction of sp³-hybridized carbons (Fsp3) is 0.500. The van der Waals surface area contributed by atoms with Gasteiger partial charge in [0.2, 0.25) is 0 Å². The number of nitrogens with two attached hydrogens (primary N) is 1. The number of furan rings is 1. The van der Waals surface area contributed by atoms with E-state index in [1.54, 1.807) is 13.2 Å². The second kappa shape index (κ2) is 4.23. The molecule has 0 aliphatic rings. The predicted molar refractivity (Wildman–Crippen MR) is 42.3 cm³/mol. The molecule has 0 aliphatic heterocycles. The van der Waals surface area contributed by atoms with Crippen LogP contribution in [-0.2, 0) is 11.3 Å². The van der Waals surface area contributed by atoms with Crippen molar-refractivity contribution in [2.24, 2.45) is 5.73 Å². The first-order valence-electron chi connectivity index (χ1n) is 3.69. The normalized spacial score (nSPS) is 13.2. The number of hydrogen-bond donors (Lipinski definition) is 1. The number of methoxy groups -OCH3 is 1. The summed E-state index contributed by atoms with van der Waals surface area (Å²) in [7, 11) is 1.55. The van der Waals surface area contributed by atoms with Crippen LogP contribution < -0.4 is 5.73 Å². The van der Waals surface area contributed by atoms with Crippen LogP contribution in [-0.4, -0.2) is 13.7 Å². The first-order valence-corrected chi connectivity index (χ1v) is 3.69. The Morgan fingerprint density at radius 3 is 3.08 bits per heavy atom. The Hall–Kier alpha value is -0.870. The van der Waals surface area contributed by atoms with E-state index in [2.05, 4.69) is 0 Å². The summed E-state index contributed by atoms with van der Waals surface area (Å²) in [5.41, 5.74) is 5.87. The number of halogens is 1. The summed E-state index contributed by atoms with van der Waals surface area (Å²) in [6.45, 7) is 0.288. The van der Waals surface area contributed by atoms with Crippen LogP contribution in [0.2, 0.25) is 0 Å². The Kier molecular flexibility index (Phi) is 3.25. The second-order valence-corrected chi connectivity index (χ2v) is 2.45. The molecule has 1 atom stereocenters. The maximum atomic E-state index is 13.0. The van der Waals surface area contributed by atoms with E-state index in [0.29, 0.717) is 6.61 Å². The quantitative estimate of drug-likeness (QED) is 0.748. The smallest absolute Gasteiger partial charge is 0.170 e. The summed E-state index contributed by atoms with van der Waals surface area (Å²) in [4.78, 5) is 0. The Morgan fingerprint density at radius 2 is 2.50 bits per heavy atom. The highest BCUT2D eigenvalue weighted by molar-refractivity contribution is 5.18. The van der Waals surface area contributed by atoms with Gasteiger partial charge in [0.25, 0.3) is 0 Å². The zero-order chi connectivity index (χ0) is 8.97. The first kappa shape index (κ1) is 9.22. The summed E-state index contributed by atoms with van der Waals surface area (Å²) in [6, 6.07) is 1.68. The van der Waals surface area contributed by atoms with Crippen LogP contribution in [0, 0.1) is 0 Å². The van der Waals surface area contributed by atoms with Gasteiger partial charge < -0.3 is 14.9 Å². The second-order valence-electron chi connectivity index (χ2n) is 2.45. The molecular formula is C8H12FNO2. The van der Waals surface area contributed by atoms with E-state index in [4.69, 9.17) is 14.9 Å². The van der Waals surface area contributed by atoms with Crippen LogP contribution in [0.3, 0.4) is 0 Å². The van der Waals surface area contributed by atoms with Gasteiger partial charge in [0.15, 0.2) is 6.17 Å². The van der Waals surface area contributed by atoms with Gasteiger partial charge in [-0.2, -0.15) is 0 Å². The van der Waals surface area contributed by atoms with Crippen LogP contribution in [0.1, 0.15) is 17.5 Å². The van der Waals surface area contributed by atoms with Gasteiger partial charge in [-0.15, -0.1) is 0 Å². The largest absolute Gasteiger partial charge is 0.466 e. The summed E-state index contributed by atoms with van der Waals surface area (Å²) >= 11 is 0. The molecule has 12 heavy (non-hydrogen) atoms. The molecule has 0 aromatic carbocycles. The van der Waals surface area contributed by atoms with Gasteiger partial charge in [0, 0.05) is 19.2 Å². The minimum atomic E-state index is -1.23. The monoisotopic (exact) mass is 173 g/mol. The lowest BCUT2D eigenvalue weighted by molar-refractivity contribution is 0.179. The lowest BCUT2D eigenvalue weighted by atomic mass is 10.2. The Morgan fingerprint density at radius 1 is 1.75 bits per heavy atom. The summed E-state index contributed by atoms with van der Waals surface area (Å²) < 4.78 is 22.8. The Bertz CT molecular complexity index is 237. The van der Waals surface area contributed by atoms with Crippen molar-refractivity contribution in [1.82, 2.24) is 0 Å². The van der Waals surface area contributed by atoms with E-state index in [1.807, 2.05) is 0 Å². The highest BCUT2D eigenvalue weighted by Crippen LogP contribution is 2.22.